The van der Waals surface area contributed by atoms with E-state index in [1.807, 2.05) is 0 Å². The maximum atomic E-state index is 2.45. The van der Waals surface area contributed by atoms with Crippen molar-refractivity contribution >= 4 is 121 Å². The van der Waals surface area contributed by atoms with Gasteiger partial charge in [0, 0.05) is 78.6 Å². The average molecular weight is 1810 g/mol. The van der Waals surface area contributed by atoms with Crippen molar-refractivity contribution in [3.05, 3.63) is 604 Å². The Labute approximate surface area is 827 Å². The van der Waals surface area contributed by atoms with Gasteiger partial charge in [-0.05, 0) is 278 Å². The molecule has 0 aliphatic heterocycles. The van der Waals surface area contributed by atoms with E-state index in [2.05, 4.69) is 589 Å². The summed E-state index contributed by atoms with van der Waals surface area (Å²) in [6, 6.07) is 209. The van der Waals surface area contributed by atoms with Crippen LogP contribution in [0.3, 0.4) is 0 Å². The number of aromatic nitrogens is 2. The summed E-state index contributed by atoms with van der Waals surface area (Å²) in [6.45, 7) is 0. The largest absolute Gasteiger partial charge is 0.310 e. The number of fused-ring (bicyclic) bond motifs is 10. The van der Waals surface area contributed by atoms with E-state index in [1.54, 1.807) is 0 Å². The molecule has 2 atom stereocenters. The SMILES string of the molecule is c1ccc(-c2cc3c(-c4ccccc4)cc(C(c4ccccc4)c4ccc(-c5ccc6ccccc6c5)cc4)cc3cc2N(c2ccccc2)c2ccc(-c3ccc4ccccc4c3)cc2)cc1.c1ccc(-c2cc3c(-c4ccccc4)cc(C(c4ccccc4)c4ccc(-n5c6ccccc6c6ccccc65)cc4)cc3cc2N(c2ccccc2)c2ccc(-n3c4ccccc4c4ccccc43)cc2)cc1. The van der Waals surface area contributed by atoms with Gasteiger partial charge in [-0.25, -0.2) is 0 Å². The van der Waals surface area contributed by atoms with E-state index in [4.69, 9.17) is 0 Å². The highest BCUT2D eigenvalue weighted by atomic mass is 15.2. The molecule has 0 bridgehead atoms. The van der Waals surface area contributed by atoms with Crippen LogP contribution in [-0.2, 0) is 0 Å². The fourth-order valence-electron chi connectivity index (χ4n) is 21.8. The van der Waals surface area contributed by atoms with Gasteiger partial charge in [-0.2, -0.15) is 0 Å². The van der Waals surface area contributed by atoms with Gasteiger partial charge in [-0.1, -0.05) is 425 Å². The first-order valence-electron chi connectivity index (χ1n) is 49.0. The lowest BCUT2D eigenvalue weighted by Gasteiger charge is -2.29. The molecule has 0 saturated heterocycles. The second kappa shape index (κ2) is 37.5. The maximum Gasteiger partial charge on any atom is 0.0546 e. The third-order valence-corrected chi connectivity index (χ3v) is 28.5. The summed E-state index contributed by atoms with van der Waals surface area (Å²) in [4.78, 5) is 4.87. The van der Waals surface area contributed by atoms with Crippen LogP contribution in [0.25, 0.3) is 165 Å². The summed E-state index contributed by atoms with van der Waals surface area (Å²) < 4.78 is 4.79. The smallest absolute Gasteiger partial charge is 0.0546 e. The van der Waals surface area contributed by atoms with Gasteiger partial charge in [-0.3, -0.25) is 0 Å². The van der Waals surface area contributed by atoms with Crippen molar-refractivity contribution in [2.75, 3.05) is 9.80 Å². The molecule has 0 saturated carbocycles. The van der Waals surface area contributed by atoms with Gasteiger partial charge in [0.2, 0.25) is 0 Å². The Morgan fingerprint density at radius 1 is 0.141 bits per heavy atom. The van der Waals surface area contributed by atoms with Crippen LogP contribution in [0.15, 0.2) is 570 Å². The average Bonchev–Trinajstić information content (AvgIpc) is 1.26. The van der Waals surface area contributed by atoms with Gasteiger partial charge in [0.1, 0.15) is 0 Å². The number of para-hydroxylation sites is 6. The zero-order chi connectivity index (χ0) is 94.2. The Morgan fingerprint density at radius 2 is 0.401 bits per heavy atom. The van der Waals surface area contributed by atoms with Crippen molar-refractivity contribution < 1.29 is 0 Å². The quantitative estimate of drug-likeness (QED) is 0.0707. The Morgan fingerprint density at radius 3 is 0.761 bits per heavy atom. The minimum atomic E-state index is -0.0499. The van der Waals surface area contributed by atoms with Gasteiger partial charge < -0.3 is 18.9 Å². The topological polar surface area (TPSA) is 16.3 Å². The third kappa shape index (κ3) is 16.3. The molecule has 26 aromatic rings. The van der Waals surface area contributed by atoms with Crippen LogP contribution in [-0.4, -0.2) is 9.13 Å². The van der Waals surface area contributed by atoms with Crippen LogP contribution in [0.5, 0.6) is 0 Å². The zero-order valence-electron chi connectivity index (χ0n) is 78.2. The lowest BCUT2D eigenvalue weighted by Crippen LogP contribution is -2.12. The normalized spacial score (nSPS) is 11.9. The van der Waals surface area contributed by atoms with Crippen molar-refractivity contribution in [3.63, 3.8) is 0 Å². The number of benzene rings is 24. The van der Waals surface area contributed by atoms with E-state index >= 15 is 0 Å². The number of rotatable bonds is 20. The highest BCUT2D eigenvalue weighted by Gasteiger charge is 2.29. The fourth-order valence-corrected chi connectivity index (χ4v) is 21.8. The monoisotopic (exact) mass is 1810 g/mol. The predicted molar refractivity (Wildman–Crippen MR) is 601 cm³/mol. The predicted octanol–water partition coefficient (Wildman–Crippen LogP) is 37.5. The van der Waals surface area contributed by atoms with Crippen LogP contribution in [0.4, 0.5) is 34.1 Å². The molecular formula is C138H96N4. The summed E-state index contributed by atoms with van der Waals surface area (Å²) in [6.07, 6.45) is 0. The molecule has 26 rings (SSSR count). The van der Waals surface area contributed by atoms with Crippen LogP contribution in [0.2, 0.25) is 0 Å². The lowest BCUT2D eigenvalue weighted by atomic mass is 9.81. The fraction of sp³-hybridized carbons (Fsp3) is 0.0145. The molecule has 4 heteroatoms. The molecule has 142 heavy (non-hydrogen) atoms. The minimum absolute atomic E-state index is 0.0150. The standard InChI is InChI=1S/C71H49N3.C67H47N/c1-5-21-49(22-6-1)63-46-54(71(51-25-9-3-10-26-51)52-37-39-57(40-38-52)73-66-33-17-13-29-59(66)60-30-14-18-34-67(60)73)45-53-47-70(65(48-64(53)63)50-23-7-2-8-24-50)72(55-27-11-4-12-28-55)56-41-43-58(44-42-56)74-68-35-19-15-31-61(68)62-32-16-20-36-69(62)74;1-5-19-51(20-6-1)63-44-60(67(53-23-9-3-10-24-53)54-33-29-49(30-34-54)57-35-31-47-17-13-15-25-55(47)41-57)43-59-45-66(65(46-64(59)63)52-21-7-2-8-22-52)68(61-27-11-4-12-28-61)62-39-37-50(38-40-62)58-36-32-48-18-14-16-26-56(48)42-58/h1-48,71H;1-46,67H. The van der Waals surface area contributed by atoms with Crippen molar-refractivity contribution in [1.29, 1.82) is 0 Å². The van der Waals surface area contributed by atoms with E-state index in [-0.39, 0.29) is 11.8 Å². The molecule has 4 nitrogen and oxygen atoms in total. The van der Waals surface area contributed by atoms with E-state index in [1.165, 1.54) is 165 Å². The van der Waals surface area contributed by atoms with Crippen LogP contribution in [0.1, 0.15) is 45.2 Å². The summed E-state index contributed by atoms with van der Waals surface area (Å²) in [5.74, 6) is -0.0648. The summed E-state index contributed by atoms with van der Waals surface area (Å²) in [5.41, 5.74) is 35.3. The first-order valence-corrected chi connectivity index (χ1v) is 49.0. The number of anilines is 6. The molecule has 0 aliphatic rings. The van der Waals surface area contributed by atoms with Crippen molar-refractivity contribution in [1.82, 2.24) is 9.13 Å². The number of hydrogen-bond acceptors (Lipinski definition) is 2. The molecule has 2 aromatic heterocycles. The second-order valence-corrected chi connectivity index (χ2v) is 37.0. The van der Waals surface area contributed by atoms with Crippen LogP contribution in [0, 0.1) is 0 Å². The molecule has 0 radical (unpaired) electrons. The first kappa shape index (κ1) is 85.2. The molecule has 2 heterocycles. The minimum Gasteiger partial charge on any atom is -0.310 e. The molecule has 0 N–H and O–H groups in total. The molecule has 668 valence electrons. The number of hydrogen-bond donors (Lipinski definition) is 0. The van der Waals surface area contributed by atoms with Crippen LogP contribution < -0.4 is 9.80 Å². The molecule has 0 amide bonds. The van der Waals surface area contributed by atoms with E-state index in [0.29, 0.717) is 0 Å². The molecule has 0 fully saturated rings. The Kier molecular flexibility index (Phi) is 22.5. The van der Waals surface area contributed by atoms with E-state index in [0.717, 1.165) is 67.8 Å². The Bertz CT molecular complexity index is 8980. The van der Waals surface area contributed by atoms with Crippen molar-refractivity contribution in [2.45, 2.75) is 11.8 Å². The molecular weight excluding hydrogens is 1710 g/mol. The molecule has 0 spiro atoms. The highest BCUT2D eigenvalue weighted by Crippen LogP contribution is 2.51. The van der Waals surface area contributed by atoms with Gasteiger partial charge in [-0.15, -0.1) is 0 Å². The van der Waals surface area contributed by atoms with Gasteiger partial charge in [0.25, 0.3) is 0 Å². The molecule has 0 aliphatic carbocycles. The van der Waals surface area contributed by atoms with Gasteiger partial charge in [0.15, 0.2) is 0 Å². The maximum absolute atomic E-state index is 2.45. The first-order chi connectivity index (χ1) is 70.4. The molecule has 24 aromatic carbocycles. The zero-order valence-corrected chi connectivity index (χ0v) is 78.2. The van der Waals surface area contributed by atoms with Gasteiger partial charge in [0.05, 0.1) is 33.4 Å². The van der Waals surface area contributed by atoms with E-state index < -0.39 is 0 Å². The summed E-state index contributed by atoms with van der Waals surface area (Å²) in [7, 11) is 0. The van der Waals surface area contributed by atoms with Crippen LogP contribution >= 0.6 is 0 Å². The van der Waals surface area contributed by atoms with E-state index in [9.17, 15) is 0 Å². The highest BCUT2D eigenvalue weighted by molar-refractivity contribution is 6.12. The Hall–Kier alpha value is -18.5. The van der Waals surface area contributed by atoms with Gasteiger partial charge >= 0.3 is 0 Å². The second-order valence-electron chi connectivity index (χ2n) is 37.0. The lowest BCUT2D eigenvalue weighted by molar-refractivity contribution is 0.978. The molecule has 2 unspecified atom stereocenters. The third-order valence-electron chi connectivity index (χ3n) is 28.5. The van der Waals surface area contributed by atoms with Crippen molar-refractivity contribution in [3.8, 4) is 78.1 Å². The number of nitrogens with zero attached hydrogens (tertiary/aromatic N) is 4. The summed E-state index contributed by atoms with van der Waals surface area (Å²) in [5, 5.41) is 14.8. The Balaban J connectivity index is 0.000000150. The van der Waals surface area contributed by atoms with Crippen molar-refractivity contribution in [2.24, 2.45) is 0 Å². The summed E-state index contributed by atoms with van der Waals surface area (Å²) >= 11 is 0.